The summed E-state index contributed by atoms with van der Waals surface area (Å²) in [6, 6.07) is 0.494. The normalized spacial score (nSPS) is 48.7. The minimum absolute atomic E-state index is 0.0292. The summed E-state index contributed by atoms with van der Waals surface area (Å²) in [4.78, 5) is 12.9. The van der Waals surface area contributed by atoms with E-state index in [1.807, 2.05) is 0 Å². The maximum Gasteiger partial charge on any atom is 0.226 e. The Morgan fingerprint density at radius 3 is 2.26 bits per heavy atom. The molecule has 1 amide bonds. The van der Waals surface area contributed by atoms with E-state index in [0.717, 1.165) is 11.8 Å². The first-order valence-corrected chi connectivity index (χ1v) is 8.38. The summed E-state index contributed by atoms with van der Waals surface area (Å²) in [6.07, 6.45) is 12.8. The van der Waals surface area contributed by atoms with Crippen LogP contribution in [-0.2, 0) is 4.79 Å². The Kier molecular flexibility index (Phi) is 2.57. The van der Waals surface area contributed by atoms with Gasteiger partial charge in [0.2, 0.25) is 5.91 Å². The molecular formula is C17H27NO. The first-order valence-electron chi connectivity index (χ1n) is 8.38. The number of rotatable bonds is 2. The van der Waals surface area contributed by atoms with Crippen LogP contribution in [0.1, 0.15) is 71.1 Å². The van der Waals surface area contributed by atoms with Gasteiger partial charge in [-0.1, -0.05) is 19.8 Å². The van der Waals surface area contributed by atoms with Gasteiger partial charge < -0.3 is 5.32 Å². The smallest absolute Gasteiger partial charge is 0.226 e. The second kappa shape index (κ2) is 3.99. The van der Waals surface area contributed by atoms with Crippen molar-refractivity contribution in [2.45, 2.75) is 77.2 Å². The van der Waals surface area contributed by atoms with Crippen LogP contribution in [0.5, 0.6) is 0 Å². The van der Waals surface area contributed by atoms with Crippen LogP contribution in [0.15, 0.2) is 0 Å². The fraction of sp³-hybridized carbons (Fsp3) is 0.941. The van der Waals surface area contributed by atoms with E-state index in [0.29, 0.717) is 17.4 Å². The Bertz CT molecular complexity index is 382. The largest absolute Gasteiger partial charge is 0.353 e. The van der Waals surface area contributed by atoms with Crippen LogP contribution in [0.25, 0.3) is 0 Å². The monoisotopic (exact) mass is 261 g/mol. The summed E-state index contributed by atoms with van der Waals surface area (Å²) in [5.41, 5.74) is 0.512. The molecular weight excluding hydrogens is 234 g/mol. The van der Waals surface area contributed by atoms with E-state index < -0.39 is 0 Å². The van der Waals surface area contributed by atoms with Gasteiger partial charge in [-0.15, -0.1) is 0 Å². The molecule has 2 nitrogen and oxygen atoms in total. The number of nitrogens with one attached hydrogen (secondary N) is 1. The van der Waals surface area contributed by atoms with Crippen LogP contribution in [0, 0.1) is 22.7 Å². The number of hydrogen-bond acceptors (Lipinski definition) is 1. The number of carbonyl (C=O) groups is 1. The van der Waals surface area contributed by atoms with Gasteiger partial charge in [0.15, 0.2) is 0 Å². The molecule has 2 heteroatoms. The van der Waals surface area contributed by atoms with E-state index in [-0.39, 0.29) is 5.41 Å². The zero-order valence-corrected chi connectivity index (χ0v) is 12.2. The topological polar surface area (TPSA) is 29.1 Å². The average molecular weight is 261 g/mol. The SMILES string of the molecule is CC12CC3CC(C1)CC(C(=O)NC1CCCC1)(C3)C2. The molecule has 5 aliphatic carbocycles. The maximum atomic E-state index is 12.9. The molecule has 19 heavy (non-hydrogen) atoms. The Labute approximate surface area is 116 Å². The second-order valence-electron chi connectivity index (χ2n) is 8.51. The fourth-order valence-corrected chi connectivity index (χ4v) is 6.39. The van der Waals surface area contributed by atoms with Crippen molar-refractivity contribution in [3.8, 4) is 0 Å². The zero-order chi connectivity index (χ0) is 13.1. The van der Waals surface area contributed by atoms with Crippen molar-refractivity contribution in [2.24, 2.45) is 22.7 Å². The molecule has 106 valence electrons. The molecule has 0 spiro atoms. The third kappa shape index (κ3) is 1.94. The van der Waals surface area contributed by atoms with E-state index in [4.69, 9.17) is 0 Å². The van der Waals surface area contributed by atoms with Gasteiger partial charge in [0.25, 0.3) is 0 Å². The summed E-state index contributed by atoms with van der Waals surface area (Å²) in [7, 11) is 0. The fourth-order valence-electron chi connectivity index (χ4n) is 6.39. The van der Waals surface area contributed by atoms with Crippen molar-refractivity contribution in [2.75, 3.05) is 0 Å². The first kappa shape index (κ1) is 12.2. The molecule has 0 saturated heterocycles. The molecule has 2 unspecified atom stereocenters. The van der Waals surface area contributed by atoms with Gasteiger partial charge in [-0.2, -0.15) is 0 Å². The molecule has 5 rings (SSSR count). The minimum atomic E-state index is 0.0292. The highest BCUT2D eigenvalue weighted by Gasteiger charge is 2.58. The Hall–Kier alpha value is -0.530. The quantitative estimate of drug-likeness (QED) is 0.807. The van der Waals surface area contributed by atoms with Crippen molar-refractivity contribution in [3.05, 3.63) is 0 Å². The molecule has 0 radical (unpaired) electrons. The predicted molar refractivity (Wildman–Crippen MR) is 75.6 cm³/mol. The highest BCUT2D eigenvalue weighted by Crippen LogP contribution is 2.65. The molecule has 1 N–H and O–H groups in total. The van der Waals surface area contributed by atoms with Gasteiger partial charge in [-0.3, -0.25) is 4.79 Å². The van der Waals surface area contributed by atoms with Crippen molar-refractivity contribution < 1.29 is 4.79 Å². The molecule has 0 heterocycles. The average Bonchev–Trinajstić information content (AvgIpc) is 2.78. The molecule has 4 bridgehead atoms. The van der Waals surface area contributed by atoms with Gasteiger partial charge in [-0.05, 0) is 68.6 Å². The number of carbonyl (C=O) groups excluding carboxylic acids is 1. The molecule has 0 aliphatic heterocycles. The van der Waals surface area contributed by atoms with E-state index in [1.54, 1.807) is 0 Å². The van der Waals surface area contributed by atoms with Gasteiger partial charge in [0.1, 0.15) is 0 Å². The van der Waals surface area contributed by atoms with Gasteiger partial charge in [0.05, 0.1) is 5.41 Å². The highest BCUT2D eigenvalue weighted by atomic mass is 16.2. The van der Waals surface area contributed by atoms with E-state index in [9.17, 15) is 4.79 Å². The summed E-state index contributed by atoms with van der Waals surface area (Å²) in [5, 5.41) is 3.41. The van der Waals surface area contributed by atoms with Crippen LogP contribution in [-0.4, -0.2) is 11.9 Å². The highest BCUT2D eigenvalue weighted by molar-refractivity contribution is 5.83. The van der Waals surface area contributed by atoms with Crippen LogP contribution in [0.4, 0.5) is 0 Å². The van der Waals surface area contributed by atoms with Gasteiger partial charge in [0, 0.05) is 6.04 Å². The Morgan fingerprint density at radius 1 is 1.05 bits per heavy atom. The lowest BCUT2D eigenvalue weighted by molar-refractivity contribution is -0.156. The van der Waals surface area contributed by atoms with E-state index >= 15 is 0 Å². The van der Waals surface area contributed by atoms with E-state index in [1.165, 1.54) is 64.2 Å². The van der Waals surface area contributed by atoms with Crippen molar-refractivity contribution in [1.29, 1.82) is 0 Å². The van der Waals surface area contributed by atoms with Crippen LogP contribution in [0.3, 0.4) is 0 Å². The lowest BCUT2D eigenvalue weighted by Crippen LogP contribution is -2.57. The summed E-state index contributed by atoms with van der Waals surface area (Å²) < 4.78 is 0. The molecule has 0 aromatic heterocycles. The predicted octanol–water partition coefficient (Wildman–Crippen LogP) is 3.65. The van der Waals surface area contributed by atoms with Crippen LogP contribution < -0.4 is 5.32 Å². The Morgan fingerprint density at radius 2 is 1.68 bits per heavy atom. The van der Waals surface area contributed by atoms with Crippen LogP contribution in [0.2, 0.25) is 0 Å². The third-order valence-electron chi connectivity index (χ3n) is 6.53. The van der Waals surface area contributed by atoms with Gasteiger partial charge in [-0.25, -0.2) is 0 Å². The number of amides is 1. The maximum absolute atomic E-state index is 12.9. The van der Waals surface area contributed by atoms with Crippen molar-refractivity contribution in [3.63, 3.8) is 0 Å². The molecule has 5 saturated carbocycles. The van der Waals surface area contributed by atoms with Crippen molar-refractivity contribution >= 4 is 5.91 Å². The third-order valence-corrected chi connectivity index (χ3v) is 6.53. The molecule has 5 fully saturated rings. The molecule has 5 aliphatic rings. The lowest BCUT2D eigenvalue weighted by atomic mass is 9.44. The van der Waals surface area contributed by atoms with Crippen LogP contribution >= 0.6 is 0 Å². The van der Waals surface area contributed by atoms with Gasteiger partial charge >= 0.3 is 0 Å². The molecule has 0 aromatic rings. The summed E-state index contributed by atoms with van der Waals surface area (Å²) in [6.45, 7) is 2.45. The van der Waals surface area contributed by atoms with E-state index in [2.05, 4.69) is 12.2 Å². The summed E-state index contributed by atoms with van der Waals surface area (Å²) >= 11 is 0. The Balaban J connectivity index is 1.54. The standard InChI is InChI=1S/C17H27NO/c1-16-7-12-6-13(8-16)10-17(9-12,11-16)15(19)18-14-4-2-3-5-14/h12-14H,2-11H2,1H3,(H,18,19). The minimum Gasteiger partial charge on any atom is -0.353 e. The lowest BCUT2D eigenvalue weighted by Gasteiger charge is -2.60. The zero-order valence-electron chi connectivity index (χ0n) is 12.2. The summed E-state index contributed by atoms with van der Waals surface area (Å²) in [5.74, 6) is 2.13. The molecule has 2 atom stereocenters. The van der Waals surface area contributed by atoms with Crippen molar-refractivity contribution in [1.82, 2.24) is 5.32 Å². The first-order chi connectivity index (χ1) is 9.07. The second-order valence-corrected chi connectivity index (χ2v) is 8.51. The number of hydrogen-bond donors (Lipinski definition) is 1. The molecule has 0 aromatic carbocycles.